The minimum atomic E-state index is -1.71. The Morgan fingerprint density at radius 2 is 0.935 bits per heavy atom. The predicted molar refractivity (Wildman–Crippen MR) is 142 cm³/mol. The third-order valence-electron chi connectivity index (χ3n) is 6.11. The molecule has 0 aliphatic heterocycles. The van der Waals surface area contributed by atoms with Crippen LogP contribution in [0.2, 0.25) is 0 Å². The molecule has 0 N–H and O–H groups in total. The average molecular weight is 430 g/mol. The molecule has 0 aliphatic rings. The standard InChI is InChI=1S/C30H38P/c1-2-3-4-5-6-7-8-9-10-20-27-31(28-21-14-11-15-22-28,29-23-16-12-17-24-29)30-25-18-13-19-26-30/h10-26H,2-9,27H2,1H3/q+1. The van der Waals surface area contributed by atoms with Crippen LogP contribution in [0.15, 0.2) is 103 Å². The molecule has 0 amide bonds. The SMILES string of the molecule is CCCCCCCCCC=CC[P+](c1ccccc1)(c1ccccc1)c1ccccc1. The third kappa shape index (κ3) is 6.65. The number of rotatable bonds is 13. The van der Waals surface area contributed by atoms with Gasteiger partial charge in [-0.3, -0.25) is 0 Å². The monoisotopic (exact) mass is 429 g/mol. The van der Waals surface area contributed by atoms with Crippen molar-refractivity contribution in [2.75, 3.05) is 6.16 Å². The maximum atomic E-state index is 2.47. The van der Waals surface area contributed by atoms with Crippen LogP contribution in [0, 0.1) is 0 Å². The minimum absolute atomic E-state index is 1.08. The molecular formula is C30H38P+. The van der Waals surface area contributed by atoms with Gasteiger partial charge in [0.25, 0.3) is 0 Å². The highest BCUT2D eigenvalue weighted by Crippen LogP contribution is 2.55. The summed E-state index contributed by atoms with van der Waals surface area (Å²) in [7, 11) is -1.71. The van der Waals surface area contributed by atoms with Crippen molar-refractivity contribution in [1.29, 1.82) is 0 Å². The van der Waals surface area contributed by atoms with Crippen molar-refractivity contribution < 1.29 is 0 Å². The summed E-state index contributed by atoms with van der Waals surface area (Å²) < 4.78 is 0. The van der Waals surface area contributed by atoms with Crippen LogP contribution in [0.5, 0.6) is 0 Å². The van der Waals surface area contributed by atoms with Crippen LogP contribution in [-0.4, -0.2) is 6.16 Å². The van der Waals surface area contributed by atoms with E-state index in [0.717, 1.165) is 6.16 Å². The fraction of sp³-hybridized carbons (Fsp3) is 0.333. The molecule has 0 atom stereocenters. The summed E-state index contributed by atoms with van der Waals surface area (Å²) in [6.45, 7) is 2.29. The second-order valence-electron chi connectivity index (χ2n) is 8.38. The van der Waals surface area contributed by atoms with Gasteiger partial charge in [0.15, 0.2) is 0 Å². The van der Waals surface area contributed by atoms with E-state index in [4.69, 9.17) is 0 Å². The second kappa shape index (κ2) is 13.3. The molecule has 3 aromatic rings. The lowest BCUT2D eigenvalue weighted by atomic mass is 10.1. The summed E-state index contributed by atoms with van der Waals surface area (Å²) in [5, 5.41) is 4.40. The number of benzene rings is 3. The van der Waals surface area contributed by atoms with E-state index in [2.05, 4.69) is 110 Å². The third-order valence-corrected chi connectivity index (χ3v) is 10.4. The topological polar surface area (TPSA) is 0 Å². The molecule has 0 spiro atoms. The van der Waals surface area contributed by atoms with E-state index >= 15 is 0 Å². The quantitative estimate of drug-likeness (QED) is 0.148. The zero-order valence-electron chi connectivity index (χ0n) is 19.1. The van der Waals surface area contributed by atoms with Crippen LogP contribution in [0.1, 0.15) is 58.3 Å². The number of hydrogen-bond acceptors (Lipinski definition) is 0. The molecule has 0 aliphatic carbocycles. The fourth-order valence-corrected chi connectivity index (χ4v) is 8.42. The first-order valence-corrected chi connectivity index (χ1v) is 14.1. The van der Waals surface area contributed by atoms with Gasteiger partial charge in [-0.1, -0.05) is 112 Å². The summed E-state index contributed by atoms with van der Waals surface area (Å²) in [4.78, 5) is 0. The van der Waals surface area contributed by atoms with Gasteiger partial charge in [-0.2, -0.15) is 0 Å². The average Bonchev–Trinajstić information content (AvgIpc) is 2.84. The molecule has 0 saturated heterocycles. The normalized spacial score (nSPS) is 11.8. The molecule has 3 aromatic carbocycles. The molecule has 0 nitrogen and oxygen atoms in total. The maximum Gasteiger partial charge on any atom is 0.115 e. The summed E-state index contributed by atoms with van der Waals surface area (Å²) in [5.74, 6) is 0. The van der Waals surface area contributed by atoms with Crippen molar-refractivity contribution in [3.8, 4) is 0 Å². The first kappa shape index (κ1) is 23.5. The molecule has 0 fully saturated rings. The molecule has 0 aromatic heterocycles. The highest BCUT2D eigenvalue weighted by atomic mass is 31.2. The highest BCUT2D eigenvalue weighted by molar-refractivity contribution is 7.95. The molecule has 0 unspecified atom stereocenters. The van der Waals surface area contributed by atoms with Gasteiger partial charge in [-0.15, -0.1) is 0 Å². The van der Waals surface area contributed by atoms with Crippen LogP contribution in [0.4, 0.5) is 0 Å². The maximum absolute atomic E-state index is 2.47. The van der Waals surface area contributed by atoms with E-state index in [1.807, 2.05) is 0 Å². The van der Waals surface area contributed by atoms with Gasteiger partial charge >= 0.3 is 0 Å². The van der Waals surface area contributed by atoms with Crippen LogP contribution in [-0.2, 0) is 0 Å². The minimum Gasteiger partial charge on any atom is -0.0849 e. The van der Waals surface area contributed by atoms with Crippen LogP contribution >= 0.6 is 7.26 Å². The number of unbranched alkanes of at least 4 members (excludes halogenated alkanes) is 7. The second-order valence-corrected chi connectivity index (χ2v) is 11.9. The van der Waals surface area contributed by atoms with E-state index in [1.165, 1.54) is 67.3 Å². The van der Waals surface area contributed by atoms with Gasteiger partial charge in [-0.25, -0.2) is 0 Å². The van der Waals surface area contributed by atoms with Gasteiger partial charge in [0, 0.05) is 0 Å². The molecule has 162 valence electrons. The first-order valence-electron chi connectivity index (χ1n) is 12.1. The van der Waals surface area contributed by atoms with Gasteiger partial charge in [0.1, 0.15) is 23.2 Å². The molecule has 0 heterocycles. The summed E-state index contributed by atoms with van der Waals surface area (Å²) >= 11 is 0. The van der Waals surface area contributed by atoms with Crippen LogP contribution in [0.25, 0.3) is 0 Å². The lowest BCUT2D eigenvalue weighted by Crippen LogP contribution is -2.32. The molecule has 0 radical (unpaired) electrons. The Bertz CT molecular complexity index is 771. The zero-order chi connectivity index (χ0) is 21.6. The van der Waals surface area contributed by atoms with Gasteiger partial charge in [0.2, 0.25) is 0 Å². The van der Waals surface area contributed by atoms with Crippen molar-refractivity contribution in [3.05, 3.63) is 103 Å². The van der Waals surface area contributed by atoms with E-state index in [9.17, 15) is 0 Å². The van der Waals surface area contributed by atoms with Crippen molar-refractivity contribution in [1.82, 2.24) is 0 Å². The molecular weight excluding hydrogens is 391 g/mol. The Balaban J connectivity index is 1.77. The predicted octanol–water partition coefficient (Wildman–Crippen LogP) is 7.68. The Morgan fingerprint density at radius 3 is 1.39 bits per heavy atom. The Morgan fingerprint density at radius 1 is 0.516 bits per heavy atom. The van der Waals surface area contributed by atoms with Crippen LogP contribution < -0.4 is 15.9 Å². The van der Waals surface area contributed by atoms with Crippen molar-refractivity contribution in [3.63, 3.8) is 0 Å². The van der Waals surface area contributed by atoms with E-state index in [0.29, 0.717) is 0 Å². The number of allylic oxidation sites excluding steroid dienone is 2. The fourth-order valence-electron chi connectivity index (χ4n) is 4.38. The van der Waals surface area contributed by atoms with E-state index < -0.39 is 7.26 Å². The zero-order valence-corrected chi connectivity index (χ0v) is 20.0. The molecule has 3 rings (SSSR count). The first-order chi connectivity index (χ1) is 15.4. The summed E-state index contributed by atoms with van der Waals surface area (Å²) in [6, 6.07) is 33.5. The van der Waals surface area contributed by atoms with Gasteiger partial charge < -0.3 is 0 Å². The molecule has 0 bridgehead atoms. The van der Waals surface area contributed by atoms with Crippen molar-refractivity contribution in [2.24, 2.45) is 0 Å². The van der Waals surface area contributed by atoms with Crippen LogP contribution in [0.3, 0.4) is 0 Å². The Hall–Kier alpha value is -2.17. The van der Waals surface area contributed by atoms with E-state index in [-0.39, 0.29) is 0 Å². The summed E-state index contributed by atoms with van der Waals surface area (Å²) in [6.07, 6.45) is 16.8. The lowest BCUT2D eigenvalue weighted by Gasteiger charge is -2.26. The smallest absolute Gasteiger partial charge is 0.0849 e. The van der Waals surface area contributed by atoms with Gasteiger partial charge in [0.05, 0.1) is 6.16 Å². The molecule has 0 saturated carbocycles. The lowest BCUT2D eigenvalue weighted by molar-refractivity contribution is 0.592. The van der Waals surface area contributed by atoms with Crippen molar-refractivity contribution >= 4 is 23.2 Å². The highest BCUT2D eigenvalue weighted by Gasteiger charge is 2.43. The van der Waals surface area contributed by atoms with E-state index in [1.54, 1.807) is 0 Å². The Labute approximate surface area is 190 Å². The number of hydrogen-bond donors (Lipinski definition) is 0. The molecule has 31 heavy (non-hydrogen) atoms. The van der Waals surface area contributed by atoms with Gasteiger partial charge in [-0.05, 0) is 49.2 Å². The summed E-state index contributed by atoms with van der Waals surface area (Å²) in [5.41, 5.74) is 0. The Kier molecular flexibility index (Phi) is 10.1. The largest absolute Gasteiger partial charge is 0.115 e. The van der Waals surface area contributed by atoms with Crippen molar-refractivity contribution in [2.45, 2.75) is 58.3 Å². The molecule has 1 heteroatoms.